The smallest absolute Gasteiger partial charge is 0.236 e. The summed E-state index contributed by atoms with van der Waals surface area (Å²) in [7, 11) is 3.62. The number of nitrogens with zero attached hydrogens (tertiary/aromatic N) is 3. The van der Waals surface area contributed by atoms with Gasteiger partial charge in [0.15, 0.2) is 0 Å². The van der Waals surface area contributed by atoms with E-state index in [9.17, 15) is 4.79 Å². The van der Waals surface area contributed by atoms with Crippen LogP contribution in [0.15, 0.2) is 72.8 Å². The fraction of sp³-hybridized carbons (Fsp3) is 0.333. The molecular formula is C27H31N3O3. The van der Waals surface area contributed by atoms with Crippen molar-refractivity contribution in [3.63, 3.8) is 0 Å². The van der Waals surface area contributed by atoms with Crippen LogP contribution in [0.2, 0.25) is 0 Å². The van der Waals surface area contributed by atoms with Gasteiger partial charge in [0.2, 0.25) is 5.91 Å². The number of carbonyl (C=O) groups is 1. The number of likely N-dealkylation sites (N-methyl/N-ethyl adjacent to an activating group) is 1. The maximum Gasteiger partial charge on any atom is 0.236 e. The van der Waals surface area contributed by atoms with Crippen LogP contribution in [-0.4, -0.2) is 61.1 Å². The van der Waals surface area contributed by atoms with Crippen molar-refractivity contribution in [2.45, 2.75) is 19.1 Å². The highest BCUT2D eigenvalue weighted by molar-refractivity contribution is 5.78. The molecule has 1 atom stereocenters. The van der Waals surface area contributed by atoms with Gasteiger partial charge in [-0.1, -0.05) is 48.5 Å². The van der Waals surface area contributed by atoms with E-state index >= 15 is 0 Å². The van der Waals surface area contributed by atoms with Gasteiger partial charge in [0.25, 0.3) is 0 Å². The van der Waals surface area contributed by atoms with Gasteiger partial charge < -0.3 is 14.4 Å². The first kappa shape index (κ1) is 23.0. The third-order valence-corrected chi connectivity index (χ3v) is 5.80. The number of hydrogen-bond acceptors (Lipinski definition) is 5. The Balaban J connectivity index is 1.35. The lowest BCUT2D eigenvalue weighted by Crippen LogP contribution is -2.46. The summed E-state index contributed by atoms with van der Waals surface area (Å²) in [5.41, 5.74) is 4.22. The highest BCUT2D eigenvalue weighted by atomic mass is 16.5. The van der Waals surface area contributed by atoms with E-state index in [0.29, 0.717) is 32.8 Å². The van der Waals surface area contributed by atoms with Crippen LogP contribution in [0.3, 0.4) is 0 Å². The molecule has 0 unspecified atom stereocenters. The Morgan fingerprint density at radius 3 is 2.70 bits per heavy atom. The lowest BCUT2D eigenvalue weighted by Gasteiger charge is -2.33. The monoisotopic (exact) mass is 445 g/mol. The molecule has 0 spiro atoms. The largest absolute Gasteiger partial charge is 0.497 e. The van der Waals surface area contributed by atoms with Crippen molar-refractivity contribution in [1.29, 1.82) is 0 Å². The molecule has 1 aliphatic rings. The van der Waals surface area contributed by atoms with E-state index < -0.39 is 0 Å². The SMILES string of the molecule is COc1cccc(CN(C)CC(=O)N2CCO[C@H](c3cccc(Cc4ccccc4)n3)C2)c1. The second-order valence-corrected chi connectivity index (χ2v) is 8.44. The van der Waals surface area contributed by atoms with Gasteiger partial charge in [-0.3, -0.25) is 14.7 Å². The van der Waals surface area contributed by atoms with Gasteiger partial charge >= 0.3 is 0 Å². The standard InChI is InChI=1S/C27H31N3O3/c1-29(18-22-10-6-12-24(17-22)32-2)20-27(31)30-14-15-33-26(19-30)25-13-7-11-23(28-25)16-21-8-4-3-5-9-21/h3-13,17,26H,14-16,18-20H2,1-2H3/t26-/m0/s1. The van der Waals surface area contributed by atoms with Crippen molar-refractivity contribution < 1.29 is 14.3 Å². The minimum absolute atomic E-state index is 0.106. The lowest BCUT2D eigenvalue weighted by atomic mass is 10.1. The normalized spacial score (nSPS) is 16.1. The molecule has 4 rings (SSSR count). The second kappa shape index (κ2) is 11.1. The molecule has 1 saturated heterocycles. The van der Waals surface area contributed by atoms with Crippen LogP contribution in [-0.2, 0) is 22.5 Å². The van der Waals surface area contributed by atoms with Crippen molar-refractivity contribution in [1.82, 2.24) is 14.8 Å². The zero-order valence-electron chi connectivity index (χ0n) is 19.3. The molecule has 0 saturated carbocycles. The zero-order valence-corrected chi connectivity index (χ0v) is 19.3. The molecule has 0 radical (unpaired) electrons. The molecule has 1 aromatic heterocycles. The van der Waals surface area contributed by atoms with Crippen LogP contribution >= 0.6 is 0 Å². The number of benzene rings is 2. The number of aromatic nitrogens is 1. The minimum Gasteiger partial charge on any atom is -0.497 e. The van der Waals surface area contributed by atoms with Crippen LogP contribution in [0.5, 0.6) is 5.75 Å². The molecule has 1 amide bonds. The van der Waals surface area contributed by atoms with E-state index in [1.807, 2.05) is 77.5 Å². The molecule has 172 valence electrons. The Kier molecular flexibility index (Phi) is 7.70. The summed E-state index contributed by atoms with van der Waals surface area (Å²) in [5, 5.41) is 0. The average molecular weight is 446 g/mol. The summed E-state index contributed by atoms with van der Waals surface area (Å²) < 4.78 is 11.3. The third-order valence-electron chi connectivity index (χ3n) is 5.80. The molecule has 1 fully saturated rings. The molecule has 1 aliphatic heterocycles. The minimum atomic E-state index is -0.206. The fourth-order valence-electron chi connectivity index (χ4n) is 4.10. The van der Waals surface area contributed by atoms with E-state index in [-0.39, 0.29) is 12.0 Å². The predicted molar refractivity (Wildman–Crippen MR) is 128 cm³/mol. The van der Waals surface area contributed by atoms with Crippen LogP contribution in [0.1, 0.15) is 28.6 Å². The van der Waals surface area contributed by atoms with Gasteiger partial charge in [0, 0.05) is 25.2 Å². The number of rotatable bonds is 8. The molecule has 0 aliphatic carbocycles. The van der Waals surface area contributed by atoms with Crippen LogP contribution < -0.4 is 4.74 Å². The van der Waals surface area contributed by atoms with Crippen LogP contribution in [0.4, 0.5) is 0 Å². The van der Waals surface area contributed by atoms with Crippen molar-refractivity contribution >= 4 is 5.91 Å². The summed E-state index contributed by atoms with van der Waals surface area (Å²) in [6, 6.07) is 24.3. The fourth-order valence-corrected chi connectivity index (χ4v) is 4.10. The molecule has 0 bridgehead atoms. The maximum atomic E-state index is 13.0. The zero-order chi connectivity index (χ0) is 23.0. The summed E-state index contributed by atoms with van der Waals surface area (Å²) in [5.74, 6) is 0.930. The van der Waals surface area contributed by atoms with Gasteiger partial charge in [-0.05, 0) is 42.4 Å². The molecule has 0 N–H and O–H groups in total. The number of carbonyl (C=O) groups excluding carboxylic acids is 1. The Morgan fingerprint density at radius 2 is 1.88 bits per heavy atom. The van der Waals surface area contributed by atoms with Crippen LogP contribution in [0.25, 0.3) is 0 Å². The molecule has 6 heteroatoms. The van der Waals surface area contributed by atoms with Crippen molar-refractivity contribution in [3.05, 3.63) is 95.3 Å². The van der Waals surface area contributed by atoms with Gasteiger partial charge in [0.1, 0.15) is 11.9 Å². The van der Waals surface area contributed by atoms with E-state index in [0.717, 1.165) is 29.1 Å². The van der Waals surface area contributed by atoms with Gasteiger partial charge in [-0.2, -0.15) is 0 Å². The van der Waals surface area contributed by atoms with E-state index in [1.54, 1.807) is 7.11 Å². The Morgan fingerprint density at radius 1 is 1.09 bits per heavy atom. The van der Waals surface area contributed by atoms with Crippen molar-refractivity contribution in [3.8, 4) is 5.75 Å². The Labute approximate surface area is 195 Å². The van der Waals surface area contributed by atoms with Crippen molar-refractivity contribution in [2.75, 3.05) is 40.4 Å². The van der Waals surface area contributed by atoms with Gasteiger partial charge in [0.05, 0.1) is 32.5 Å². The predicted octanol–water partition coefficient (Wildman–Crippen LogP) is 3.71. The molecule has 2 heterocycles. The molecule has 33 heavy (non-hydrogen) atoms. The van der Waals surface area contributed by atoms with E-state index in [2.05, 4.69) is 12.1 Å². The average Bonchev–Trinajstić information content (AvgIpc) is 2.85. The maximum absolute atomic E-state index is 13.0. The molecule has 6 nitrogen and oxygen atoms in total. The Hall–Kier alpha value is -3.22. The number of morpholine rings is 1. The number of pyridine rings is 1. The van der Waals surface area contributed by atoms with Crippen LogP contribution in [0, 0.1) is 0 Å². The Bertz CT molecular complexity index is 1060. The summed E-state index contributed by atoms with van der Waals surface area (Å²) >= 11 is 0. The number of ether oxygens (including phenoxy) is 2. The number of hydrogen-bond donors (Lipinski definition) is 0. The lowest BCUT2D eigenvalue weighted by molar-refractivity contribution is -0.140. The topological polar surface area (TPSA) is 54.9 Å². The molecule has 3 aromatic rings. The summed E-state index contributed by atoms with van der Waals surface area (Å²) in [4.78, 5) is 21.7. The van der Waals surface area contributed by atoms with Gasteiger partial charge in [-0.15, -0.1) is 0 Å². The van der Waals surface area contributed by atoms with Gasteiger partial charge in [-0.25, -0.2) is 0 Å². The first-order valence-electron chi connectivity index (χ1n) is 11.3. The molecule has 2 aromatic carbocycles. The highest BCUT2D eigenvalue weighted by Gasteiger charge is 2.27. The summed E-state index contributed by atoms with van der Waals surface area (Å²) in [6.45, 7) is 2.67. The number of methoxy groups -OCH3 is 1. The first-order chi connectivity index (χ1) is 16.1. The highest BCUT2D eigenvalue weighted by Crippen LogP contribution is 2.22. The first-order valence-corrected chi connectivity index (χ1v) is 11.3. The second-order valence-electron chi connectivity index (χ2n) is 8.44. The van der Waals surface area contributed by atoms with Crippen molar-refractivity contribution in [2.24, 2.45) is 0 Å². The quantitative estimate of drug-likeness (QED) is 0.529. The third kappa shape index (κ3) is 6.40. The number of amides is 1. The van der Waals surface area contributed by atoms with E-state index in [4.69, 9.17) is 14.5 Å². The van der Waals surface area contributed by atoms with E-state index in [1.165, 1.54) is 5.56 Å². The summed E-state index contributed by atoms with van der Waals surface area (Å²) in [6.07, 6.45) is 0.571. The molecular weight excluding hydrogens is 414 g/mol.